The van der Waals surface area contributed by atoms with Crippen molar-refractivity contribution < 1.29 is 8.78 Å². The highest BCUT2D eigenvalue weighted by Crippen LogP contribution is 2.21. The Labute approximate surface area is 130 Å². The zero-order chi connectivity index (χ0) is 16.3. The molecule has 0 unspecified atom stereocenters. The van der Waals surface area contributed by atoms with Gasteiger partial charge in [0.15, 0.2) is 0 Å². The Bertz CT molecular complexity index is 740. The van der Waals surface area contributed by atoms with Crippen LogP contribution >= 0.6 is 0 Å². The van der Waals surface area contributed by atoms with E-state index in [1.165, 1.54) is 41.0 Å². The topological polar surface area (TPSA) is 0 Å². The molecule has 114 valence electrons. The molecule has 0 N–H and O–H groups in total. The average Bonchev–Trinajstić information content (AvgIpc) is 2.49. The van der Waals surface area contributed by atoms with E-state index in [0.717, 1.165) is 0 Å². The van der Waals surface area contributed by atoms with E-state index in [4.69, 9.17) is 0 Å². The van der Waals surface area contributed by atoms with Gasteiger partial charge in [0.25, 0.3) is 0 Å². The summed E-state index contributed by atoms with van der Waals surface area (Å²) in [6.45, 7) is 7.39. The quantitative estimate of drug-likeness (QED) is 0.475. The third kappa shape index (κ3) is 3.51. The fourth-order valence-electron chi connectivity index (χ4n) is 2.37. The maximum absolute atomic E-state index is 12.6. The van der Waals surface area contributed by atoms with Gasteiger partial charge in [0, 0.05) is 5.56 Å². The van der Waals surface area contributed by atoms with Gasteiger partial charge in [0.1, 0.15) is 11.6 Å². The maximum Gasteiger partial charge on any atom is 0.129 e. The molecule has 0 heterocycles. The number of halogens is 2. The first-order valence-electron chi connectivity index (χ1n) is 7.27. The Hall–Kier alpha value is -2.22. The lowest BCUT2D eigenvalue weighted by Gasteiger charge is -2.03. The van der Waals surface area contributed by atoms with Crippen LogP contribution in [0.1, 0.15) is 22.3 Å². The molecule has 0 fully saturated rings. The smallest absolute Gasteiger partial charge is 0.129 e. The summed E-state index contributed by atoms with van der Waals surface area (Å²) in [6, 6.07) is 15.5. The van der Waals surface area contributed by atoms with Gasteiger partial charge >= 0.3 is 0 Å². The van der Waals surface area contributed by atoms with Crippen LogP contribution in [0.2, 0.25) is 0 Å². The Kier molecular flexibility index (Phi) is 4.92. The summed E-state index contributed by atoms with van der Waals surface area (Å²) in [7, 11) is 0. The van der Waals surface area contributed by atoms with Crippen molar-refractivity contribution in [3.8, 4) is 0 Å². The average molecular weight is 298 g/mol. The lowest BCUT2D eigenvalue weighted by molar-refractivity contribution is 0.566. The van der Waals surface area contributed by atoms with E-state index in [0.29, 0.717) is 5.56 Å². The molecular weight excluding hydrogens is 278 g/mol. The van der Waals surface area contributed by atoms with Gasteiger partial charge in [-0.2, -0.15) is 0 Å². The third-order valence-electron chi connectivity index (χ3n) is 3.79. The predicted octanol–water partition coefficient (Wildman–Crippen LogP) is 6.04. The summed E-state index contributed by atoms with van der Waals surface area (Å²) < 4.78 is 25.2. The standard InChI is InChI=1S/C12H12.C8H8F2/c1-9-7-8-10(2)12-6-4-3-5-11(9)12;1-5-3-7(9)6(2)8(10)4-5/h3-8H,1-2H3;3-4H,1-2H3. The molecular formula is C20H20F2. The second-order valence-electron chi connectivity index (χ2n) is 5.60. The Morgan fingerprint density at radius 1 is 0.636 bits per heavy atom. The minimum Gasteiger partial charge on any atom is -0.207 e. The summed E-state index contributed by atoms with van der Waals surface area (Å²) in [4.78, 5) is 0. The molecule has 3 rings (SSSR count). The van der Waals surface area contributed by atoms with Crippen LogP contribution in [0.25, 0.3) is 10.8 Å². The molecule has 0 aromatic heterocycles. The van der Waals surface area contributed by atoms with E-state index in [-0.39, 0.29) is 5.56 Å². The zero-order valence-electron chi connectivity index (χ0n) is 13.4. The van der Waals surface area contributed by atoms with Crippen molar-refractivity contribution >= 4 is 10.8 Å². The maximum atomic E-state index is 12.6. The lowest BCUT2D eigenvalue weighted by Crippen LogP contribution is -1.88. The highest BCUT2D eigenvalue weighted by Gasteiger charge is 2.03. The summed E-state index contributed by atoms with van der Waals surface area (Å²) in [5, 5.41) is 2.75. The monoisotopic (exact) mass is 298 g/mol. The van der Waals surface area contributed by atoms with E-state index >= 15 is 0 Å². The number of fused-ring (bicyclic) bond motifs is 1. The summed E-state index contributed by atoms with van der Waals surface area (Å²) in [6.07, 6.45) is 0. The molecule has 2 heteroatoms. The van der Waals surface area contributed by atoms with Crippen molar-refractivity contribution in [2.24, 2.45) is 0 Å². The van der Waals surface area contributed by atoms with E-state index in [9.17, 15) is 8.78 Å². The Morgan fingerprint density at radius 2 is 1.05 bits per heavy atom. The molecule has 0 saturated carbocycles. The van der Waals surface area contributed by atoms with Crippen molar-refractivity contribution in [1.29, 1.82) is 0 Å². The van der Waals surface area contributed by atoms with Crippen LogP contribution in [-0.4, -0.2) is 0 Å². The third-order valence-corrected chi connectivity index (χ3v) is 3.79. The second kappa shape index (κ2) is 6.69. The normalized spacial score (nSPS) is 10.3. The highest BCUT2D eigenvalue weighted by molar-refractivity contribution is 5.88. The summed E-state index contributed by atoms with van der Waals surface area (Å²) >= 11 is 0. The van der Waals surface area contributed by atoms with Crippen LogP contribution < -0.4 is 0 Å². The van der Waals surface area contributed by atoms with Crippen LogP contribution in [0.4, 0.5) is 8.78 Å². The van der Waals surface area contributed by atoms with Gasteiger partial charge in [-0.3, -0.25) is 0 Å². The molecule has 3 aromatic carbocycles. The van der Waals surface area contributed by atoms with Gasteiger partial charge < -0.3 is 0 Å². The first-order valence-corrected chi connectivity index (χ1v) is 7.27. The Balaban J connectivity index is 0.000000164. The van der Waals surface area contributed by atoms with E-state index in [1.54, 1.807) is 6.92 Å². The molecule has 0 spiro atoms. The fraction of sp³-hybridized carbons (Fsp3) is 0.200. The number of benzene rings is 3. The minimum absolute atomic E-state index is 0.0885. The van der Waals surface area contributed by atoms with Gasteiger partial charge in [-0.1, -0.05) is 36.4 Å². The van der Waals surface area contributed by atoms with Crippen molar-refractivity contribution in [1.82, 2.24) is 0 Å². The van der Waals surface area contributed by atoms with Gasteiger partial charge in [0.2, 0.25) is 0 Å². The first kappa shape index (κ1) is 16.2. The van der Waals surface area contributed by atoms with E-state index < -0.39 is 11.6 Å². The zero-order valence-corrected chi connectivity index (χ0v) is 13.4. The van der Waals surface area contributed by atoms with Crippen molar-refractivity contribution in [2.45, 2.75) is 27.7 Å². The first-order chi connectivity index (χ1) is 10.4. The molecule has 3 aromatic rings. The number of hydrogen-bond donors (Lipinski definition) is 0. The number of hydrogen-bond acceptors (Lipinski definition) is 0. The van der Waals surface area contributed by atoms with Crippen LogP contribution in [0.5, 0.6) is 0 Å². The van der Waals surface area contributed by atoms with Crippen LogP contribution in [-0.2, 0) is 0 Å². The van der Waals surface area contributed by atoms with E-state index in [1.807, 2.05) is 0 Å². The molecule has 0 amide bonds. The van der Waals surface area contributed by atoms with Gasteiger partial charge in [-0.15, -0.1) is 0 Å². The molecule has 0 atom stereocenters. The molecule has 0 radical (unpaired) electrons. The van der Waals surface area contributed by atoms with Crippen molar-refractivity contribution in [3.05, 3.63) is 82.4 Å². The highest BCUT2D eigenvalue weighted by atomic mass is 19.1. The van der Waals surface area contributed by atoms with Crippen molar-refractivity contribution in [3.63, 3.8) is 0 Å². The molecule has 0 saturated heterocycles. The lowest BCUT2D eigenvalue weighted by atomic mass is 10.0. The second-order valence-corrected chi connectivity index (χ2v) is 5.60. The molecule has 0 bridgehead atoms. The minimum atomic E-state index is -0.475. The number of aryl methyl sites for hydroxylation is 3. The largest absolute Gasteiger partial charge is 0.207 e. The summed E-state index contributed by atoms with van der Waals surface area (Å²) in [5.74, 6) is -0.949. The van der Waals surface area contributed by atoms with Gasteiger partial charge in [-0.05, 0) is 67.3 Å². The van der Waals surface area contributed by atoms with Crippen LogP contribution in [0.15, 0.2) is 48.5 Å². The molecule has 0 aliphatic rings. The SMILES string of the molecule is Cc1cc(F)c(C)c(F)c1.Cc1ccc(C)c2ccccc12. The predicted molar refractivity (Wildman–Crippen MR) is 89.3 cm³/mol. The molecule has 0 aliphatic carbocycles. The molecule has 22 heavy (non-hydrogen) atoms. The van der Waals surface area contributed by atoms with Gasteiger partial charge in [-0.25, -0.2) is 8.78 Å². The van der Waals surface area contributed by atoms with E-state index in [2.05, 4.69) is 50.2 Å². The number of rotatable bonds is 0. The fourth-order valence-corrected chi connectivity index (χ4v) is 2.37. The Morgan fingerprint density at radius 3 is 1.45 bits per heavy atom. The van der Waals surface area contributed by atoms with Crippen LogP contribution in [0.3, 0.4) is 0 Å². The van der Waals surface area contributed by atoms with Crippen molar-refractivity contribution in [2.75, 3.05) is 0 Å². The van der Waals surface area contributed by atoms with Crippen LogP contribution in [0, 0.1) is 39.3 Å². The summed E-state index contributed by atoms with van der Waals surface area (Å²) in [5.41, 5.74) is 3.42. The molecule has 0 nitrogen and oxygen atoms in total. The molecule has 0 aliphatic heterocycles. The van der Waals surface area contributed by atoms with Gasteiger partial charge in [0.05, 0.1) is 0 Å².